The molecule has 3 atom stereocenters. The molecule has 15 heavy (non-hydrogen) atoms. The van der Waals surface area contributed by atoms with Gasteiger partial charge in [0.15, 0.2) is 0 Å². The van der Waals surface area contributed by atoms with Gasteiger partial charge in [-0.05, 0) is 18.6 Å². The zero-order valence-corrected chi connectivity index (χ0v) is 9.31. The lowest BCUT2D eigenvalue weighted by molar-refractivity contribution is 0.444. The van der Waals surface area contributed by atoms with Crippen molar-refractivity contribution in [2.45, 2.75) is 19.0 Å². The van der Waals surface area contributed by atoms with E-state index in [9.17, 15) is 0 Å². The molecule has 3 unspecified atom stereocenters. The summed E-state index contributed by atoms with van der Waals surface area (Å²) in [6.45, 7) is 3.18. The van der Waals surface area contributed by atoms with E-state index in [4.69, 9.17) is 11.6 Å². The van der Waals surface area contributed by atoms with Crippen LogP contribution in [0.1, 0.15) is 18.5 Å². The summed E-state index contributed by atoms with van der Waals surface area (Å²) in [5.41, 5.74) is 8.99. The molecule has 3 N–H and O–H groups in total. The van der Waals surface area contributed by atoms with E-state index in [-0.39, 0.29) is 0 Å². The Morgan fingerprint density at radius 2 is 2.20 bits per heavy atom. The molecule has 3 nitrogen and oxygen atoms in total. The predicted octanol–water partition coefficient (Wildman–Crippen LogP) is 1.92. The van der Waals surface area contributed by atoms with Crippen molar-refractivity contribution in [3.63, 3.8) is 0 Å². The molecule has 0 spiro atoms. The fraction of sp³-hybridized carbons (Fsp3) is 0.455. The largest absolute Gasteiger partial charge is 0.383 e. The van der Waals surface area contributed by atoms with Gasteiger partial charge in [-0.25, -0.2) is 5.43 Å². The van der Waals surface area contributed by atoms with Crippen molar-refractivity contribution in [2.24, 2.45) is 5.92 Å². The number of fused-ring (bicyclic) bond motifs is 3. The van der Waals surface area contributed by atoms with E-state index in [1.807, 2.05) is 12.1 Å². The second-order valence-electron chi connectivity index (χ2n) is 4.30. The first-order valence-corrected chi connectivity index (χ1v) is 5.68. The summed E-state index contributed by atoms with van der Waals surface area (Å²) < 4.78 is 0. The number of hydrogen-bond donors (Lipinski definition) is 3. The Bertz CT molecular complexity index is 393. The molecule has 0 aliphatic carbocycles. The highest BCUT2D eigenvalue weighted by molar-refractivity contribution is 6.33. The third-order valence-electron chi connectivity index (χ3n) is 3.43. The molecule has 2 aliphatic rings. The fourth-order valence-corrected chi connectivity index (χ4v) is 2.78. The first kappa shape index (κ1) is 9.46. The van der Waals surface area contributed by atoms with Crippen LogP contribution < -0.4 is 16.2 Å². The second-order valence-corrected chi connectivity index (χ2v) is 4.71. The number of rotatable bonds is 0. The van der Waals surface area contributed by atoms with Crippen molar-refractivity contribution in [3.8, 4) is 0 Å². The van der Waals surface area contributed by atoms with Gasteiger partial charge in [0.2, 0.25) is 0 Å². The second kappa shape index (κ2) is 3.37. The fourth-order valence-electron chi connectivity index (χ4n) is 2.53. The Balaban J connectivity index is 2.06. The summed E-state index contributed by atoms with van der Waals surface area (Å²) in [4.78, 5) is 0. The minimum absolute atomic E-state index is 0.384. The Kier molecular flexibility index (Phi) is 2.12. The highest BCUT2D eigenvalue weighted by Gasteiger charge is 2.38. The van der Waals surface area contributed by atoms with E-state index in [2.05, 4.69) is 29.2 Å². The summed E-state index contributed by atoms with van der Waals surface area (Å²) in [5, 5.41) is 4.23. The molecule has 1 aromatic carbocycles. The van der Waals surface area contributed by atoms with Crippen LogP contribution in [0, 0.1) is 5.92 Å². The quantitative estimate of drug-likeness (QED) is 0.629. The maximum Gasteiger partial charge on any atom is 0.0640 e. The molecule has 2 heterocycles. The molecular weight excluding hydrogens is 210 g/mol. The summed E-state index contributed by atoms with van der Waals surface area (Å²) in [5.74, 6) is 0.593. The Morgan fingerprint density at radius 3 is 3.07 bits per heavy atom. The standard InChI is InChI=1S/C11H14ClN3/c1-6-8-5-13-11-7(10(8)15-14-6)3-2-4-9(11)12/h2-4,6,8,10,13-15H,5H2,1H3. The van der Waals surface area contributed by atoms with E-state index >= 15 is 0 Å². The lowest BCUT2D eigenvalue weighted by Crippen LogP contribution is -2.32. The molecule has 0 amide bonds. The van der Waals surface area contributed by atoms with Crippen LogP contribution in [0.25, 0.3) is 0 Å². The monoisotopic (exact) mass is 223 g/mol. The average Bonchev–Trinajstić information content (AvgIpc) is 2.61. The van der Waals surface area contributed by atoms with Crippen molar-refractivity contribution in [1.82, 2.24) is 10.9 Å². The highest BCUT2D eigenvalue weighted by atomic mass is 35.5. The number of halogens is 1. The van der Waals surface area contributed by atoms with Crippen LogP contribution in [0.3, 0.4) is 0 Å². The molecule has 1 fully saturated rings. The number of para-hydroxylation sites is 1. The molecular formula is C11H14ClN3. The number of hydrogen-bond acceptors (Lipinski definition) is 3. The van der Waals surface area contributed by atoms with Crippen LogP contribution in [0.2, 0.25) is 5.02 Å². The Labute approximate surface area is 94.2 Å². The topological polar surface area (TPSA) is 36.1 Å². The highest BCUT2D eigenvalue weighted by Crippen LogP contribution is 2.40. The minimum Gasteiger partial charge on any atom is -0.383 e. The average molecular weight is 224 g/mol. The van der Waals surface area contributed by atoms with E-state index in [0.717, 1.165) is 17.3 Å². The summed E-state index contributed by atoms with van der Waals surface area (Å²) in [6.07, 6.45) is 0. The number of hydrazine groups is 1. The number of nitrogens with one attached hydrogen (secondary N) is 3. The van der Waals surface area contributed by atoms with Gasteiger partial charge < -0.3 is 5.32 Å². The van der Waals surface area contributed by atoms with Crippen LogP contribution in [-0.2, 0) is 0 Å². The van der Waals surface area contributed by atoms with Crippen molar-refractivity contribution in [3.05, 3.63) is 28.8 Å². The molecule has 80 valence electrons. The Morgan fingerprint density at radius 1 is 1.33 bits per heavy atom. The molecule has 1 saturated heterocycles. The van der Waals surface area contributed by atoms with Crippen LogP contribution >= 0.6 is 11.6 Å². The van der Waals surface area contributed by atoms with Crippen LogP contribution in [0.4, 0.5) is 5.69 Å². The number of benzene rings is 1. The third-order valence-corrected chi connectivity index (χ3v) is 3.75. The normalized spacial score (nSPS) is 33.1. The zero-order chi connectivity index (χ0) is 10.4. The molecule has 0 aromatic heterocycles. The van der Waals surface area contributed by atoms with E-state index in [0.29, 0.717) is 18.0 Å². The maximum absolute atomic E-state index is 6.16. The van der Waals surface area contributed by atoms with Gasteiger partial charge >= 0.3 is 0 Å². The third kappa shape index (κ3) is 1.34. The summed E-state index contributed by atoms with van der Waals surface area (Å²) >= 11 is 6.16. The van der Waals surface area contributed by atoms with Crippen molar-refractivity contribution >= 4 is 17.3 Å². The van der Waals surface area contributed by atoms with Gasteiger partial charge in [0.05, 0.1) is 16.8 Å². The van der Waals surface area contributed by atoms with Crippen LogP contribution in [0.15, 0.2) is 18.2 Å². The van der Waals surface area contributed by atoms with Gasteiger partial charge in [-0.1, -0.05) is 23.7 Å². The lowest BCUT2D eigenvalue weighted by atomic mass is 9.86. The van der Waals surface area contributed by atoms with Gasteiger partial charge in [0.1, 0.15) is 0 Å². The van der Waals surface area contributed by atoms with Crippen molar-refractivity contribution in [1.29, 1.82) is 0 Å². The molecule has 2 aliphatic heterocycles. The minimum atomic E-state index is 0.384. The maximum atomic E-state index is 6.16. The van der Waals surface area contributed by atoms with E-state index < -0.39 is 0 Å². The summed E-state index contributed by atoms with van der Waals surface area (Å²) in [6, 6.07) is 6.96. The lowest BCUT2D eigenvalue weighted by Gasteiger charge is -2.30. The predicted molar refractivity (Wildman–Crippen MR) is 61.9 cm³/mol. The first-order valence-electron chi connectivity index (χ1n) is 5.30. The Hall–Kier alpha value is -0.770. The molecule has 1 aromatic rings. The van der Waals surface area contributed by atoms with Gasteiger partial charge in [-0.3, -0.25) is 5.43 Å². The zero-order valence-electron chi connectivity index (χ0n) is 8.55. The van der Waals surface area contributed by atoms with Crippen molar-refractivity contribution < 1.29 is 0 Å². The smallest absolute Gasteiger partial charge is 0.0640 e. The summed E-state index contributed by atoms with van der Waals surface area (Å²) in [7, 11) is 0. The number of anilines is 1. The van der Waals surface area contributed by atoms with Crippen LogP contribution in [0.5, 0.6) is 0 Å². The van der Waals surface area contributed by atoms with E-state index in [1.165, 1.54) is 5.56 Å². The first-order chi connectivity index (χ1) is 7.27. The van der Waals surface area contributed by atoms with Gasteiger partial charge in [0, 0.05) is 18.5 Å². The van der Waals surface area contributed by atoms with Gasteiger partial charge in [-0.15, -0.1) is 0 Å². The molecule has 0 saturated carbocycles. The SMILES string of the molecule is CC1NNC2c3cccc(Cl)c3NCC12. The molecule has 0 bridgehead atoms. The van der Waals surface area contributed by atoms with Crippen molar-refractivity contribution in [2.75, 3.05) is 11.9 Å². The van der Waals surface area contributed by atoms with E-state index in [1.54, 1.807) is 0 Å². The molecule has 3 rings (SSSR count). The van der Waals surface area contributed by atoms with Crippen LogP contribution in [-0.4, -0.2) is 12.6 Å². The van der Waals surface area contributed by atoms with Gasteiger partial charge in [-0.2, -0.15) is 0 Å². The van der Waals surface area contributed by atoms with Gasteiger partial charge in [0.25, 0.3) is 0 Å². The molecule has 0 radical (unpaired) electrons. The molecule has 4 heteroatoms.